The molecule has 0 bridgehead atoms. The predicted molar refractivity (Wildman–Crippen MR) is 165 cm³/mol. The summed E-state index contributed by atoms with van der Waals surface area (Å²) >= 11 is 4.55. The van der Waals surface area contributed by atoms with Crippen LogP contribution in [0.3, 0.4) is 0 Å². The van der Waals surface area contributed by atoms with E-state index >= 15 is 0 Å². The molecule has 1 amide bonds. The van der Waals surface area contributed by atoms with Gasteiger partial charge < -0.3 is 4.57 Å². The van der Waals surface area contributed by atoms with E-state index in [4.69, 9.17) is 0 Å². The number of carbonyl (C=O) groups is 1. The lowest BCUT2D eigenvalue weighted by Crippen LogP contribution is -2.19. The van der Waals surface area contributed by atoms with Gasteiger partial charge in [-0.25, -0.2) is 5.43 Å². The average Bonchev–Trinajstić information content (AvgIpc) is 3.56. The number of fused-ring (bicyclic) bond motifs is 4. The molecule has 1 N–H and O–H groups in total. The molecular formula is C30H25N5OS3. The third-order valence-electron chi connectivity index (χ3n) is 6.46. The van der Waals surface area contributed by atoms with Gasteiger partial charge in [-0.3, -0.25) is 4.79 Å². The highest BCUT2D eigenvalue weighted by Crippen LogP contribution is 2.32. The van der Waals surface area contributed by atoms with E-state index in [1.54, 1.807) is 18.0 Å². The second-order valence-electron chi connectivity index (χ2n) is 8.88. The Hall–Kier alpha value is -3.66. The molecule has 194 valence electrons. The van der Waals surface area contributed by atoms with Crippen LogP contribution < -0.4 is 5.43 Å². The number of thioether (sulfide) groups is 2. The van der Waals surface area contributed by atoms with Crippen molar-refractivity contribution < 1.29 is 4.79 Å². The van der Waals surface area contributed by atoms with E-state index in [2.05, 4.69) is 111 Å². The van der Waals surface area contributed by atoms with Gasteiger partial charge in [0.05, 0.1) is 12.0 Å². The molecule has 0 unspecified atom stereocenters. The van der Waals surface area contributed by atoms with Crippen LogP contribution in [0, 0.1) is 0 Å². The van der Waals surface area contributed by atoms with Crippen LogP contribution in [0.25, 0.3) is 32.6 Å². The number of carbonyl (C=O) groups excluding carboxylic acids is 1. The normalized spacial score (nSPS) is 11.7. The van der Waals surface area contributed by atoms with Crippen molar-refractivity contribution in [2.24, 2.45) is 5.10 Å². The summed E-state index contributed by atoms with van der Waals surface area (Å²) in [7, 11) is 0. The Balaban J connectivity index is 1.03. The van der Waals surface area contributed by atoms with E-state index in [1.807, 2.05) is 6.07 Å². The van der Waals surface area contributed by atoms with Crippen molar-refractivity contribution in [2.75, 3.05) is 5.75 Å². The van der Waals surface area contributed by atoms with Crippen LogP contribution in [0.5, 0.6) is 0 Å². The third kappa shape index (κ3) is 5.56. The zero-order valence-corrected chi connectivity index (χ0v) is 23.7. The van der Waals surface area contributed by atoms with Crippen molar-refractivity contribution in [1.29, 1.82) is 0 Å². The molecule has 39 heavy (non-hydrogen) atoms. The van der Waals surface area contributed by atoms with E-state index in [0.29, 0.717) is 0 Å². The molecule has 0 atom stereocenters. The number of nitrogens with one attached hydrogen (secondary N) is 1. The first kappa shape index (κ1) is 25.6. The Morgan fingerprint density at radius 3 is 2.51 bits per heavy atom. The third-order valence-corrected chi connectivity index (χ3v) is 9.70. The van der Waals surface area contributed by atoms with Crippen LogP contribution in [0.15, 0.2) is 98.7 Å². The van der Waals surface area contributed by atoms with Crippen molar-refractivity contribution in [3.8, 4) is 0 Å². The Bertz CT molecular complexity index is 1820. The molecule has 2 aromatic heterocycles. The minimum Gasteiger partial charge on any atom is -0.341 e. The number of aromatic nitrogens is 3. The van der Waals surface area contributed by atoms with Gasteiger partial charge in [-0.1, -0.05) is 102 Å². The molecular weight excluding hydrogens is 543 g/mol. The molecule has 6 aromatic rings. The van der Waals surface area contributed by atoms with E-state index in [0.717, 1.165) is 26.5 Å². The number of nitrogens with zero attached hydrogens (tertiary/aromatic N) is 4. The lowest BCUT2D eigenvalue weighted by Gasteiger charge is -2.04. The van der Waals surface area contributed by atoms with Gasteiger partial charge in [0.25, 0.3) is 5.91 Å². The molecule has 0 aliphatic rings. The summed E-state index contributed by atoms with van der Waals surface area (Å²) in [6.45, 7) is 3.06. The quantitative estimate of drug-likeness (QED) is 0.112. The largest absolute Gasteiger partial charge is 0.341 e. The minimum absolute atomic E-state index is 0.180. The van der Waals surface area contributed by atoms with Crippen molar-refractivity contribution in [3.05, 3.63) is 96.1 Å². The molecule has 0 radical (unpaired) electrons. The van der Waals surface area contributed by atoms with Crippen LogP contribution in [-0.4, -0.2) is 32.6 Å². The summed E-state index contributed by atoms with van der Waals surface area (Å²) in [6.07, 6.45) is 1.69. The van der Waals surface area contributed by atoms with Gasteiger partial charge in [0, 0.05) is 34.1 Å². The summed E-state index contributed by atoms with van der Waals surface area (Å²) in [6, 6.07) is 29.4. The number of amides is 1. The summed E-state index contributed by atoms with van der Waals surface area (Å²) in [4.78, 5) is 12.4. The Morgan fingerprint density at radius 2 is 1.64 bits per heavy atom. The van der Waals surface area contributed by atoms with Crippen molar-refractivity contribution in [2.45, 2.75) is 27.9 Å². The Morgan fingerprint density at radius 1 is 0.897 bits per heavy atom. The zero-order chi connectivity index (χ0) is 26.6. The number of para-hydroxylation sites is 1. The van der Waals surface area contributed by atoms with Crippen LogP contribution in [0.2, 0.25) is 0 Å². The fourth-order valence-corrected chi connectivity index (χ4v) is 7.52. The Kier molecular flexibility index (Phi) is 7.62. The van der Waals surface area contributed by atoms with E-state index in [-0.39, 0.29) is 11.7 Å². The highest BCUT2D eigenvalue weighted by Gasteiger charge is 2.11. The molecule has 0 aliphatic heterocycles. The molecule has 0 saturated heterocycles. The number of hydrogen-bond acceptors (Lipinski definition) is 7. The number of hydrazone groups is 1. The second kappa shape index (κ2) is 11.6. The number of hydrogen-bond donors (Lipinski definition) is 1. The first-order valence-corrected chi connectivity index (χ1v) is 15.4. The van der Waals surface area contributed by atoms with Gasteiger partial charge in [-0.15, -0.1) is 10.2 Å². The first-order chi connectivity index (χ1) is 19.2. The maximum absolute atomic E-state index is 12.4. The highest BCUT2D eigenvalue weighted by molar-refractivity contribution is 8.03. The SMILES string of the molecule is CCn1c2ccccc2c2cc(C=NNC(=O)CSc3nnc(SCc4cccc5ccccc45)s3)ccc21. The molecule has 9 heteroatoms. The predicted octanol–water partition coefficient (Wildman–Crippen LogP) is 7.35. The fourth-order valence-electron chi connectivity index (χ4n) is 4.70. The van der Waals surface area contributed by atoms with Gasteiger partial charge in [0.2, 0.25) is 0 Å². The lowest BCUT2D eigenvalue weighted by molar-refractivity contribution is -0.118. The first-order valence-electron chi connectivity index (χ1n) is 12.6. The number of rotatable bonds is 9. The van der Waals surface area contributed by atoms with Crippen molar-refractivity contribution in [3.63, 3.8) is 0 Å². The zero-order valence-electron chi connectivity index (χ0n) is 21.2. The molecule has 0 fully saturated rings. The Labute approximate surface area is 238 Å². The maximum atomic E-state index is 12.4. The highest BCUT2D eigenvalue weighted by atomic mass is 32.2. The molecule has 0 aliphatic carbocycles. The molecule has 0 saturated carbocycles. The fraction of sp³-hybridized carbons (Fsp3) is 0.133. The van der Waals surface area contributed by atoms with Gasteiger partial charge in [0.1, 0.15) is 0 Å². The summed E-state index contributed by atoms with van der Waals surface area (Å²) in [5, 5.41) is 17.6. The van der Waals surface area contributed by atoms with Crippen molar-refractivity contribution in [1.82, 2.24) is 20.2 Å². The number of aryl methyl sites for hydroxylation is 1. The topological polar surface area (TPSA) is 72.2 Å². The molecule has 6 rings (SSSR count). The van der Waals surface area contributed by atoms with Gasteiger partial charge in [-0.2, -0.15) is 5.10 Å². The van der Waals surface area contributed by atoms with E-state index < -0.39 is 0 Å². The van der Waals surface area contributed by atoms with E-state index in [9.17, 15) is 4.79 Å². The standard InChI is InChI=1S/C30H25N5OS3/c1-2-35-26-13-6-5-12-24(26)25-16-20(14-15-27(25)35)17-31-32-28(36)19-38-30-34-33-29(39-30)37-18-22-10-7-9-21-8-3-4-11-23(21)22/h3-17H,2,18-19H2,1H3,(H,32,36). The van der Waals surface area contributed by atoms with Crippen molar-refractivity contribution >= 4 is 79.6 Å². The van der Waals surface area contributed by atoms with Crippen LogP contribution in [-0.2, 0) is 17.1 Å². The van der Waals surface area contributed by atoms with Crippen LogP contribution in [0.1, 0.15) is 18.1 Å². The lowest BCUT2D eigenvalue weighted by atomic mass is 10.1. The van der Waals surface area contributed by atoms with Crippen LogP contribution >= 0.6 is 34.9 Å². The average molecular weight is 568 g/mol. The summed E-state index contributed by atoms with van der Waals surface area (Å²) in [5.74, 6) is 0.865. The van der Waals surface area contributed by atoms with E-state index in [1.165, 1.54) is 61.2 Å². The van der Waals surface area contributed by atoms with Gasteiger partial charge in [0.15, 0.2) is 8.68 Å². The molecule has 6 nitrogen and oxygen atoms in total. The van der Waals surface area contributed by atoms with Gasteiger partial charge >= 0.3 is 0 Å². The molecule has 2 heterocycles. The minimum atomic E-state index is -0.180. The smallest absolute Gasteiger partial charge is 0.250 e. The molecule has 4 aromatic carbocycles. The maximum Gasteiger partial charge on any atom is 0.250 e. The second-order valence-corrected chi connectivity index (χ2v) is 12.3. The van der Waals surface area contributed by atoms with Crippen LogP contribution in [0.4, 0.5) is 0 Å². The summed E-state index contributed by atoms with van der Waals surface area (Å²) in [5.41, 5.74) is 7.26. The molecule has 0 spiro atoms. The number of benzene rings is 4. The monoisotopic (exact) mass is 567 g/mol. The summed E-state index contributed by atoms with van der Waals surface area (Å²) < 4.78 is 3.97. The van der Waals surface area contributed by atoms with Gasteiger partial charge in [-0.05, 0) is 47.0 Å².